The molecule has 162 valence electrons. The number of carbonyl (C=O) groups is 2. The Labute approximate surface area is 181 Å². The first-order chi connectivity index (χ1) is 14.9. The number of anilines is 1. The van der Waals surface area contributed by atoms with Crippen molar-refractivity contribution in [2.75, 3.05) is 25.0 Å². The minimum Gasteiger partial charge on any atom is -0.449 e. The van der Waals surface area contributed by atoms with Gasteiger partial charge in [0.05, 0.1) is 23.8 Å². The highest BCUT2D eigenvalue weighted by Crippen LogP contribution is 2.29. The molecular formula is C24H26FN3O3. The third-order valence-electron chi connectivity index (χ3n) is 5.28. The van der Waals surface area contributed by atoms with Gasteiger partial charge in [-0.05, 0) is 60.6 Å². The van der Waals surface area contributed by atoms with Crippen LogP contribution in [0.1, 0.15) is 54.1 Å². The zero-order valence-corrected chi connectivity index (χ0v) is 17.7. The normalized spacial score (nSPS) is 14.2. The number of benzene rings is 2. The summed E-state index contributed by atoms with van der Waals surface area (Å²) in [5, 5.41) is 11.5. The molecule has 2 aromatic carbocycles. The highest BCUT2D eigenvalue weighted by atomic mass is 19.1. The summed E-state index contributed by atoms with van der Waals surface area (Å²) in [5.41, 5.74) is 2.00. The molecule has 1 heterocycles. The van der Waals surface area contributed by atoms with Gasteiger partial charge >= 0.3 is 6.09 Å². The van der Waals surface area contributed by atoms with Crippen molar-refractivity contribution in [2.45, 2.75) is 32.6 Å². The second-order valence-corrected chi connectivity index (χ2v) is 8.11. The lowest BCUT2D eigenvalue weighted by atomic mass is 9.89. The van der Waals surface area contributed by atoms with Crippen LogP contribution in [0.25, 0.3) is 0 Å². The maximum Gasteiger partial charge on any atom is 0.411 e. The van der Waals surface area contributed by atoms with E-state index in [2.05, 4.69) is 11.4 Å². The average molecular weight is 423 g/mol. The zero-order valence-electron chi connectivity index (χ0n) is 17.7. The van der Waals surface area contributed by atoms with E-state index in [4.69, 9.17) is 10.00 Å². The summed E-state index contributed by atoms with van der Waals surface area (Å²) in [4.78, 5) is 26.4. The highest BCUT2D eigenvalue weighted by molar-refractivity contribution is 5.96. The van der Waals surface area contributed by atoms with Crippen molar-refractivity contribution in [2.24, 2.45) is 5.92 Å². The molecule has 7 heteroatoms. The van der Waals surface area contributed by atoms with E-state index in [1.807, 2.05) is 26.0 Å². The van der Waals surface area contributed by atoms with Gasteiger partial charge in [-0.2, -0.15) is 5.26 Å². The van der Waals surface area contributed by atoms with E-state index in [-0.39, 0.29) is 18.1 Å². The number of rotatable bonds is 5. The number of halogens is 1. The molecule has 0 spiro atoms. The van der Waals surface area contributed by atoms with Gasteiger partial charge in [0.1, 0.15) is 5.82 Å². The number of amides is 2. The number of nitrogens with one attached hydrogen (secondary N) is 1. The quantitative estimate of drug-likeness (QED) is 0.740. The minimum absolute atomic E-state index is 0.0708. The van der Waals surface area contributed by atoms with Crippen molar-refractivity contribution >= 4 is 17.7 Å². The molecule has 1 saturated heterocycles. The summed E-state index contributed by atoms with van der Waals surface area (Å²) in [6.45, 7) is 5.14. The van der Waals surface area contributed by atoms with E-state index in [9.17, 15) is 14.0 Å². The molecule has 1 aliphatic rings. The Bertz CT molecular complexity index is 975. The first-order valence-electron chi connectivity index (χ1n) is 10.4. The summed E-state index contributed by atoms with van der Waals surface area (Å²) in [6, 6.07) is 13.5. The van der Waals surface area contributed by atoms with Crippen molar-refractivity contribution < 1.29 is 18.7 Å². The number of hydrogen-bond acceptors (Lipinski definition) is 4. The Morgan fingerprint density at radius 1 is 1.19 bits per heavy atom. The first kappa shape index (κ1) is 22.3. The molecule has 1 fully saturated rings. The molecule has 31 heavy (non-hydrogen) atoms. The molecule has 0 atom stereocenters. The van der Waals surface area contributed by atoms with Crippen LogP contribution in [-0.4, -0.2) is 36.6 Å². The topological polar surface area (TPSA) is 82.4 Å². The first-order valence-corrected chi connectivity index (χ1v) is 10.4. The van der Waals surface area contributed by atoms with Crippen molar-refractivity contribution in [3.8, 4) is 6.07 Å². The number of carbonyl (C=O) groups excluding carboxylic acids is 2. The fourth-order valence-corrected chi connectivity index (χ4v) is 3.58. The number of nitrogens with zero attached hydrogens (tertiary/aromatic N) is 2. The fourth-order valence-electron chi connectivity index (χ4n) is 3.58. The van der Waals surface area contributed by atoms with Gasteiger partial charge in [0.2, 0.25) is 0 Å². The van der Waals surface area contributed by atoms with Crippen LogP contribution < -0.4 is 5.32 Å². The van der Waals surface area contributed by atoms with Gasteiger partial charge in [0, 0.05) is 18.8 Å². The maximum absolute atomic E-state index is 14.4. The lowest BCUT2D eigenvalue weighted by molar-refractivity contribution is 0.0708. The van der Waals surface area contributed by atoms with Gasteiger partial charge in [-0.3, -0.25) is 10.1 Å². The minimum atomic E-state index is -0.637. The van der Waals surface area contributed by atoms with Gasteiger partial charge in [-0.25, -0.2) is 9.18 Å². The van der Waals surface area contributed by atoms with E-state index in [0.717, 1.165) is 18.4 Å². The molecule has 1 aliphatic heterocycles. The third kappa shape index (κ3) is 5.82. The van der Waals surface area contributed by atoms with Gasteiger partial charge < -0.3 is 9.64 Å². The van der Waals surface area contributed by atoms with Crippen LogP contribution in [0.5, 0.6) is 0 Å². The van der Waals surface area contributed by atoms with Gasteiger partial charge in [0.25, 0.3) is 5.91 Å². The fraction of sp³-hybridized carbons (Fsp3) is 0.375. The number of hydrogen-bond donors (Lipinski definition) is 1. The Balaban J connectivity index is 1.62. The van der Waals surface area contributed by atoms with Crippen molar-refractivity contribution in [3.05, 3.63) is 65.0 Å². The lowest BCUT2D eigenvalue weighted by Crippen LogP contribution is -2.38. The van der Waals surface area contributed by atoms with E-state index < -0.39 is 17.8 Å². The number of piperidine rings is 1. The van der Waals surface area contributed by atoms with Crippen molar-refractivity contribution in [1.29, 1.82) is 5.26 Å². The second kappa shape index (κ2) is 10.1. The third-order valence-corrected chi connectivity index (χ3v) is 5.28. The molecule has 0 radical (unpaired) electrons. The number of nitriles is 1. The maximum atomic E-state index is 14.4. The summed E-state index contributed by atoms with van der Waals surface area (Å²) in [5.74, 6) is -0.524. The van der Waals surface area contributed by atoms with Crippen molar-refractivity contribution in [3.63, 3.8) is 0 Å². The molecule has 1 N–H and O–H groups in total. The predicted molar refractivity (Wildman–Crippen MR) is 115 cm³/mol. The highest BCUT2D eigenvalue weighted by Gasteiger charge is 2.26. The second-order valence-electron chi connectivity index (χ2n) is 8.11. The SMILES string of the molecule is CC(C)COC(=O)Nc1ccc(F)c(C(=O)N2CCC(c3ccc(C#N)cc3)CC2)c1. The molecule has 6 nitrogen and oxygen atoms in total. The van der Waals surface area contributed by atoms with Crippen LogP contribution in [0.15, 0.2) is 42.5 Å². The monoisotopic (exact) mass is 423 g/mol. The molecule has 0 unspecified atom stereocenters. The molecule has 0 aromatic heterocycles. The molecule has 2 amide bonds. The smallest absolute Gasteiger partial charge is 0.411 e. The Hall–Kier alpha value is -3.40. The molecule has 0 bridgehead atoms. The molecule has 0 saturated carbocycles. The van der Waals surface area contributed by atoms with Crippen LogP contribution >= 0.6 is 0 Å². The Kier molecular flexibility index (Phi) is 7.24. The van der Waals surface area contributed by atoms with Gasteiger partial charge in [-0.1, -0.05) is 26.0 Å². The van der Waals surface area contributed by atoms with Crippen LogP contribution in [-0.2, 0) is 4.74 Å². The predicted octanol–water partition coefficient (Wildman–Crippen LogP) is 4.92. The summed E-state index contributed by atoms with van der Waals surface area (Å²) < 4.78 is 19.4. The lowest BCUT2D eigenvalue weighted by Gasteiger charge is -2.32. The van der Waals surface area contributed by atoms with Crippen LogP contribution in [0, 0.1) is 23.1 Å². The standard InChI is InChI=1S/C24H26FN3O3/c1-16(2)15-31-24(30)27-20-7-8-22(25)21(13-20)23(29)28-11-9-19(10-12-28)18-5-3-17(14-26)4-6-18/h3-8,13,16,19H,9-12,15H2,1-2H3,(H,27,30). The van der Waals surface area contributed by atoms with E-state index in [1.165, 1.54) is 18.2 Å². The van der Waals surface area contributed by atoms with Crippen LogP contribution in [0.4, 0.5) is 14.9 Å². The van der Waals surface area contributed by atoms with Crippen LogP contribution in [0.3, 0.4) is 0 Å². The Morgan fingerprint density at radius 3 is 2.48 bits per heavy atom. The number of ether oxygens (including phenoxy) is 1. The zero-order chi connectivity index (χ0) is 22.4. The molecular weight excluding hydrogens is 397 g/mol. The van der Waals surface area contributed by atoms with E-state index in [0.29, 0.717) is 30.3 Å². The van der Waals surface area contributed by atoms with Gasteiger partial charge in [0.15, 0.2) is 0 Å². The Morgan fingerprint density at radius 2 is 1.87 bits per heavy atom. The average Bonchev–Trinajstić information content (AvgIpc) is 2.78. The van der Waals surface area contributed by atoms with Gasteiger partial charge in [-0.15, -0.1) is 0 Å². The molecule has 0 aliphatic carbocycles. The summed E-state index contributed by atoms with van der Waals surface area (Å²) in [7, 11) is 0. The summed E-state index contributed by atoms with van der Waals surface area (Å²) in [6.07, 6.45) is 0.888. The summed E-state index contributed by atoms with van der Waals surface area (Å²) >= 11 is 0. The largest absolute Gasteiger partial charge is 0.449 e. The van der Waals surface area contributed by atoms with Crippen LogP contribution in [0.2, 0.25) is 0 Å². The molecule has 2 aromatic rings. The van der Waals surface area contributed by atoms with E-state index >= 15 is 0 Å². The van der Waals surface area contributed by atoms with E-state index in [1.54, 1.807) is 17.0 Å². The van der Waals surface area contributed by atoms with Crippen molar-refractivity contribution in [1.82, 2.24) is 4.90 Å². The number of likely N-dealkylation sites (tertiary alicyclic amines) is 1. The molecule has 3 rings (SSSR count).